The molecule has 172 valence electrons. The van der Waals surface area contributed by atoms with Crippen LogP contribution in [0.15, 0.2) is 65.3 Å². The first-order valence-corrected chi connectivity index (χ1v) is 12.2. The second-order valence-electron chi connectivity index (χ2n) is 8.54. The quantitative estimate of drug-likeness (QED) is 0.449. The zero-order valence-electron chi connectivity index (χ0n) is 19.1. The lowest BCUT2D eigenvalue weighted by atomic mass is 9.97. The highest BCUT2D eigenvalue weighted by Crippen LogP contribution is 2.26. The molecule has 1 amide bonds. The van der Waals surface area contributed by atoms with Crippen LogP contribution in [0, 0.1) is 12.8 Å². The zero-order chi connectivity index (χ0) is 23.2. The van der Waals surface area contributed by atoms with Gasteiger partial charge in [-0.2, -0.15) is 4.98 Å². The van der Waals surface area contributed by atoms with Crippen LogP contribution in [-0.4, -0.2) is 35.5 Å². The van der Waals surface area contributed by atoms with Crippen molar-refractivity contribution in [2.75, 3.05) is 29.9 Å². The van der Waals surface area contributed by atoms with Gasteiger partial charge >= 0.3 is 0 Å². The maximum Gasteiger partial charge on any atom is 0.259 e. The Morgan fingerprint density at radius 3 is 2.67 bits per heavy atom. The van der Waals surface area contributed by atoms with E-state index in [9.17, 15) is 4.79 Å². The summed E-state index contributed by atoms with van der Waals surface area (Å²) in [6, 6.07) is 17.8. The molecule has 33 heavy (non-hydrogen) atoms. The van der Waals surface area contributed by atoms with Crippen molar-refractivity contribution in [2.24, 2.45) is 5.92 Å². The fourth-order valence-corrected chi connectivity index (χ4v) is 4.54. The lowest BCUT2D eigenvalue weighted by molar-refractivity contribution is 0.0979. The predicted molar refractivity (Wildman–Crippen MR) is 137 cm³/mol. The van der Waals surface area contributed by atoms with Gasteiger partial charge in [0.2, 0.25) is 5.95 Å². The van der Waals surface area contributed by atoms with Crippen molar-refractivity contribution in [3.8, 4) is 0 Å². The molecule has 7 heteroatoms. The van der Waals surface area contributed by atoms with E-state index in [1.807, 2.05) is 54.3 Å². The van der Waals surface area contributed by atoms with E-state index in [-0.39, 0.29) is 11.9 Å². The third kappa shape index (κ3) is 5.78. The van der Waals surface area contributed by atoms with Crippen LogP contribution in [0.5, 0.6) is 0 Å². The predicted octanol–water partition coefficient (Wildman–Crippen LogP) is 5.37. The number of halogens is 1. The van der Waals surface area contributed by atoms with E-state index < -0.39 is 0 Å². The minimum absolute atomic E-state index is 0.0342. The fraction of sp³-hybridized carbons (Fsp3) is 0.346. The Hall–Kier alpha value is -2.77. The van der Waals surface area contributed by atoms with Gasteiger partial charge in [-0.15, -0.1) is 0 Å². The minimum atomic E-state index is -0.0342. The van der Waals surface area contributed by atoms with Crippen molar-refractivity contribution in [1.29, 1.82) is 0 Å². The minimum Gasteiger partial charge on any atom is -0.348 e. The van der Waals surface area contributed by atoms with E-state index >= 15 is 0 Å². The average Bonchev–Trinajstić information content (AvgIpc) is 2.85. The molecule has 2 N–H and O–H groups in total. The van der Waals surface area contributed by atoms with Gasteiger partial charge in [-0.3, -0.25) is 9.69 Å². The molecule has 0 saturated carbocycles. The van der Waals surface area contributed by atoms with Crippen molar-refractivity contribution in [3.05, 3.63) is 82.0 Å². The first-order chi connectivity index (χ1) is 16.0. The van der Waals surface area contributed by atoms with Crippen LogP contribution in [0.3, 0.4) is 0 Å². The SMILES string of the molecule is Cc1c(Br)cccc1C(=O)N(CC1CCNCC1)c1ccnc(N[C@@H](C)c2ccccc2)n1. The van der Waals surface area contributed by atoms with Crippen LogP contribution in [0.1, 0.15) is 47.3 Å². The maximum absolute atomic E-state index is 13.8. The van der Waals surface area contributed by atoms with Crippen molar-refractivity contribution >= 4 is 33.6 Å². The number of amides is 1. The Morgan fingerprint density at radius 1 is 1.15 bits per heavy atom. The molecule has 0 radical (unpaired) electrons. The first kappa shape index (κ1) is 23.4. The number of carbonyl (C=O) groups is 1. The monoisotopic (exact) mass is 507 g/mol. The molecular weight excluding hydrogens is 478 g/mol. The number of piperidine rings is 1. The summed E-state index contributed by atoms with van der Waals surface area (Å²) in [5.74, 6) is 1.53. The molecule has 1 aliphatic heterocycles. The summed E-state index contributed by atoms with van der Waals surface area (Å²) in [7, 11) is 0. The van der Waals surface area contributed by atoms with Gasteiger partial charge in [0.25, 0.3) is 5.91 Å². The van der Waals surface area contributed by atoms with Gasteiger partial charge in [0, 0.05) is 22.8 Å². The standard InChI is InChI=1S/C26H30BrN5O/c1-18-22(9-6-10-23(18)27)25(33)32(17-20-11-14-28-15-12-20)24-13-16-29-26(31-24)30-19(2)21-7-4-3-5-8-21/h3-10,13,16,19-20,28H,11-12,14-15,17H2,1-2H3,(H,29,30,31)/t19-/m0/s1. The number of nitrogens with one attached hydrogen (secondary N) is 2. The Morgan fingerprint density at radius 2 is 1.91 bits per heavy atom. The van der Waals surface area contributed by atoms with Crippen LogP contribution in [0.2, 0.25) is 0 Å². The zero-order valence-corrected chi connectivity index (χ0v) is 20.7. The molecule has 0 aliphatic carbocycles. The van der Waals surface area contributed by atoms with Gasteiger partial charge in [-0.25, -0.2) is 4.98 Å². The Balaban J connectivity index is 1.63. The second kappa shape index (κ2) is 10.9. The fourth-order valence-electron chi connectivity index (χ4n) is 4.18. The number of carbonyl (C=O) groups excluding carboxylic acids is 1. The second-order valence-corrected chi connectivity index (χ2v) is 9.39. The lowest BCUT2D eigenvalue weighted by Gasteiger charge is -2.30. The van der Waals surface area contributed by atoms with Gasteiger partial charge in [-0.05, 0) is 75.0 Å². The van der Waals surface area contributed by atoms with E-state index in [0.717, 1.165) is 41.5 Å². The molecular formula is C26H30BrN5O. The van der Waals surface area contributed by atoms with Crippen molar-refractivity contribution in [3.63, 3.8) is 0 Å². The number of benzene rings is 2. The highest BCUT2D eigenvalue weighted by atomic mass is 79.9. The molecule has 0 bridgehead atoms. The van der Waals surface area contributed by atoms with Crippen molar-refractivity contribution in [2.45, 2.75) is 32.7 Å². The van der Waals surface area contributed by atoms with E-state index in [0.29, 0.717) is 29.8 Å². The number of hydrogen-bond acceptors (Lipinski definition) is 5. The van der Waals surface area contributed by atoms with Crippen molar-refractivity contribution in [1.82, 2.24) is 15.3 Å². The summed E-state index contributed by atoms with van der Waals surface area (Å²) in [6.07, 6.45) is 3.81. The van der Waals surface area contributed by atoms with Gasteiger partial charge in [0.1, 0.15) is 5.82 Å². The van der Waals surface area contributed by atoms with Crippen LogP contribution in [0.4, 0.5) is 11.8 Å². The molecule has 1 aliphatic rings. The molecule has 0 unspecified atom stereocenters. The normalized spacial score (nSPS) is 15.1. The molecule has 1 fully saturated rings. The van der Waals surface area contributed by atoms with Gasteiger partial charge in [-0.1, -0.05) is 52.3 Å². The van der Waals surface area contributed by atoms with Crippen LogP contribution >= 0.6 is 15.9 Å². The number of aromatic nitrogens is 2. The lowest BCUT2D eigenvalue weighted by Crippen LogP contribution is -2.40. The molecule has 0 spiro atoms. The molecule has 2 aromatic carbocycles. The molecule has 1 aromatic heterocycles. The Bertz CT molecular complexity index is 1090. The topological polar surface area (TPSA) is 70.2 Å². The Labute approximate surface area is 204 Å². The number of rotatable bonds is 7. The van der Waals surface area contributed by atoms with Crippen molar-refractivity contribution < 1.29 is 4.79 Å². The summed E-state index contributed by atoms with van der Waals surface area (Å²) in [4.78, 5) is 24.8. The van der Waals surface area contributed by atoms with E-state index in [2.05, 4.69) is 50.6 Å². The summed E-state index contributed by atoms with van der Waals surface area (Å²) in [5.41, 5.74) is 2.77. The smallest absolute Gasteiger partial charge is 0.259 e. The summed E-state index contributed by atoms with van der Waals surface area (Å²) in [6.45, 7) is 6.64. The van der Waals surface area contributed by atoms with E-state index in [1.54, 1.807) is 6.20 Å². The van der Waals surface area contributed by atoms with E-state index in [1.165, 1.54) is 0 Å². The number of anilines is 2. The highest BCUT2D eigenvalue weighted by molar-refractivity contribution is 9.10. The van der Waals surface area contributed by atoms with Gasteiger partial charge in [0.05, 0.1) is 6.04 Å². The molecule has 1 saturated heterocycles. The molecule has 4 rings (SSSR count). The molecule has 1 atom stereocenters. The first-order valence-electron chi connectivity index (χ1n) is 11.4. The largest absolute Gasteiger partial charge is 0.348 e. The highest BCUT2D eigenvalue weighted by Gasteiger charge is 2.26. The molecule has 2 heterocycles. The van der Waals surface area contributed by atoms with Crippen LogP contribution in [-0.2, 0) is 0 Å². The summed E-state index contributed by atoms with van der Waals surface area (Å²) >= 11 is 3.56. The van der Waals surface area contributed by atoms with Crippen LogP contribution < -0.4 is 15.5 Å². The summed E-state index contributed by atoms with van der Waals surface area (Å²) < 4.78 is 0.928. The number of hydrogen-bond donors (Lipinski definition) is 2. The van der Waals surface area contributed by atoms with Gasteiger partial charge < -0.3 is 10.6 Å². The van der Waals surface area contributed by atoms with E-state index in [4.69, 9.17) is 4.98 Å². The maximum atomic E-state index is 13.8. The van der Waals surface area contributed by atoms with Gasteiger partial charge in [0.15, 0.2) is 0 Å². The summed E-state index contributed by atoms with van der Waals surface area (Å²) in [5, 5.41) is 6.78. The van der Waals surface area contributed by atoms with Crippen LogP contribution in [0.25, 0.3) is 0 Å². The average molecular weight is 508 g/mol. The third-order valence-corrected chi connectivity index (χ3v) is 7.06. The third-order valence-electron chi connectivity index (χ3n) is 6.21. The number of nitrogens with zero attached hydrogens (tertiary/aromatic N) is 3. The Kier molecular flexibility index (Phi) is 7.73. The molecule has 6 nitrogen and oxygen atoms in total. The molecule has 3 aromatic rings.